The fraction of sp³-hybridized carbons (Fsp3) is 0.130. The highest BCUT2D eigenvalue weighted by atomic mass is 16.6. The first-order valence-electron chi connectivity index (χ1n) is 9.20. The van der Waals surface area contributed by atoms with E-state index in [0.29, 0.717) is 27.8 Å². The lowest BCUT2D eigenvalue weighted by molar-refractivity contribution is 0.0223. The number of ether oxygens (including phenoxy) is 2. The van der Waals surface area contributed by atoms with E-state index in [4.69, 9.17) is 9.47 Å². The number of aromatic carboxylic acids is 1. The molecule has 1 spiro atoms. The number of hydrogen-bond donors (Lipinski definition) is 3. The fourth-order valence-corrected chi connectivity index (χ4v) is 4.22. The average Bonchev–Trinajstić information content (AvgIpc) is 3.01. The molecule has 0 saturated carbocycles. The molecule has 0 aliphatic carbocycles. The van der Waals surface area contributed by atoms with E-state index in [-0.39, 0.29) is 34.1 Å². The number of benzene rings is 3. The van der Waals surface area contributed by atoms with Crippen LogP contribution in [0.2, 0.25) is 0 Å². The first-order chi connectivity index (χ1) is 14.3. The van der Waals surface area contributed by atoms with Crippen LogP contribution >= 0.6 is 0 Å². The van der Waals surface area contributed by atoms with Crippen LogP contribution in [0.1, 0.15) is 48.5 Å². The van der Waals surface area contributed by atoms with Gasteiger partial charge >= 0.3 is 11.9 Å². The summed E-state index contributed by atoms with van der Waals surface area (Å²) in [5, 5.41) is 30.0. The van der Waals surface area contributed by atoms with Crippen molar-refractivity contribution in [2.45, 2.75) is 19.4 Å². The topological polar surface area (TPSA) is 113 Å². The Hall–Kier alpha value is -4.00. The van der Waals surface area contributed by atoms with Crippen LogP contribution in [0.25, 0.3) is 0 Å². The number of aromatic hydroxyl groups is 2. The minimum Gasteiger partial charge on any atom is -0.508 e. The maximum absolute atomic E-state index is 12.8. The Morgan fingerprint density at radius 2 is 1.43 bits per heavy atom. The van der Waals surface area contributed by atoms with E-state index in [1.165, 1.54) is 30.3 Å². The molecule has 5 rings (SSSR count). The van der Waals surface area contributed by atoms with Gasteiger partial charge in [-0.05, 0) is 56.3 Å². The number of carbonyl (C=O) groups excluding carboxylic acids is 1. The second-order valence-corrected chi connectivity index (χ2v) is 7.41. The summed E-state index contributed by atoms with van der Waals surface area (Å²) in [4.78, 5) is 24.5. The van der Waals surface area contributed by atoms with Crippen molar-refractivity contribution in [2.75, 3.05) is 0 Å². The van der Waals surface area contributed by atoms with E-state index in [1.807, 2.05) is 0 Å². The first kappa shape index (κ1) is 18.1. The van der Waals surface area contributed by atoms with E-state index >= 15 is 0 Å². The van der Waals surface area contributed by atoms with Gasteiger partial charge in [0.2, 0.25) is 0 Å². The van der Waals surface area contributed by atoms with Gasteiger partial charge in [0.15, 0.2) is 5.60 Å². The lowest BCUT2D eigenvalue weighted by Crippen LogP contribution is -2.33. The first-order valence-corrected chi connectivity index (χ1v) is 9.20. The van der Waals surface area contributed by atoms with Crippen molar-refractivity contribution in [2.24, 2.45) is 0 Å². The Morgan fingerprint density at radius 3 is 1.97 bits per heavy atom. The molecule has 7 nitrogen and oxygen atoms in total. The molecule has 7 heteroatoms. The molecule has 0 aromatic heterocycles. The van der Waals surface area contributed by atoms with E-state index < -0.39 is 17.5 Å². The molecule has 0 amide bonds. The van der Waals surface area contributed by atoms with Crippen molar-refractivity contribution in [1.82, 2.24) is 0 Å². The van der Waals surface area contributed by atoms with Crippen LogP contribution in [0.15, 0.2) is 42.5 Å². The van der Waals surface area contributed by atoms with Gasteiger partial charge in [-0.2, -0.15) is 0 Å². The van der Waals surface area contributed by atoms with Crippen molar-refractivity contribution >= 4 is 11.9 Å². The maximum atomic E-state index is 12.8. The van der Waals surface area contributed by atoms with Gasteiger partial charge in [-0.1, -0.05) is 0 Å². The van der Waals surface area contributed by atoms with Crippen molar-refractivity contribution in [3.05, 3.63) is 81.4 Å². The summed E-state index contributed by atoms with van der Waals surface area (Å²) in [5.74, 6) is -1.17. The third kappa shape index (κ3) is 2.09. The average molecular weight is 404 g/mol. The molecule has 2 heterocycles. The number of fused-ring (bicyclic) bond motifs is 6. The van der Waals surface area contributed by atoms with E-state index in [0.717, 1.165) is 0 Å². The van der Waals surface area contributed by atoms with Crippen LogP contribution in [0.4, 0.5) is 0 Å². The van der Waals surface area contributed by atoms with E-state index in [2.05, 4.69) is 0 Å². The van der Waals surface area contributed by atoms with Gasteiger partial charge in [0.1, 0.15) is 23.0 Å². The zero-order chi connectivity index (χ0) is 21.4. The standard InChI is InChI=1S/C23H16O7/c1-10-17(24)7-5-14-19(10)29-20-11(2)18(25)8-6-15(20)23(14)16-9-12(21(26)27)3-4-13(16)22(28)30-23/h3-9,24-25H,1-2H3,(H,26,27). The Bertz CT molecular complexity index is 1230. The maximum Gasteiger partial charge on any atom is 0.340 e. The van der Waals surface area contributed by atoms with Crippen LogP contribution in [0.3, 0.4) is 0 Å². The van der Waals surface area contributed by atoms with Crippen LogP contribution in [0.5, 0.6) is 23.0 Å². The Labute approximate surface area is 170 Å². The Kier molecular flexibility index (Phi) is 3.47. The quantitative estimate of drug-likeness (QED) is 0.526. The molecule has 3 N–H and O–H groups in total. The zero-order valence-electron chi connectivity index (χ0n) is 16.0. The van der Waals surface area contributed by atoms with Gasteiger partial charge in [-0.25, -0.2) is 9.59 Å². The molecule has 0 bridgehead atoms. The second kappa shape index (κ2) is 5.76. The summed E-state index contributed by atoms with van der Waals surface area (Å²) in [7, 11) is 0. The van der Waals surface area contributed by atoms with Gasteiger partial charge in [-0.15, -0.1) is 0 Å². The van der Waals surface area contributed by atoms with Crippen LogP contribution in [-0.2, 0) is 10.3 Å². The highest BCUT2D eigenvalue weighted by Crippen LogP contribution is 2.58. The number of carbonyl (C=O) groups is 2. The van der Waals surface area contributed by atoms with Crippen molar-refractivity contribution in [3.8, 4) is 23.0 Å². The second-order valence-electron chi connectivity index (χ2n) is 7.41. The Morgan fingerprint density at radius 1 is 0.867 bits per heavy atom. The molecule has 30 heavy (non-hydrogen) atoms. The van der Waals surface area contributed by atoms with Gasteiger partial charge in [0.05, 0.1) is 11.1 Å². The number of phenols is 2. The summed E-state index contributed by atoms with van der Waals surface area (Å²) >= 11 is 0. The van der Waals surface area contributed by atoms with Gasteiger partial charge in [-0.3, -0.25) is 0 Å². The molecule has 0 unspecified atom stereocenters. The van der Waals surface area contributed by atoms with E-state index in [9.17, 15) is 24.9 Å². The van der Waals surface area contributed by atoms with Crippen molar-refractivity contribution in [3.63, 3.8) is 0 Å². The smallest absolute Gasteiger partial charge is 0.340 e. The molecule has 0 saturated heterocycles. The molecular formula is C23H16O7. The Balaban J connectivity index is 1.95. The summed E-state index contributed by atoms with van der Waals surface area (Å²) in [6.07, 6.45) is 0. The van der Waals surface area contributed by atoms with Crippen LogP contribution in [-0.4, -0.2) is 27.3 Å². The minimum atomic E-state index is -1.47. The minimum absolute atomic E-state index is 0.00557. The normalized spacial score (nSPS) is 15.1. The van der Waals surface area contributed by atoms with Crippen LogP contribution in [0, 0.1) is 13.8 Å². The third-order valence-electron chi connectivity index (χ3n) is 5.83. The summed E-state index contributed by atoms with van der Waals surface area (Å²) in [5.41, 5.74) is 0.932. The largest absolute Gasteiger partial charge is 0.508 e. The number of carboxylic acids is 1. The predicted octanol–water partition coefficient (Wildman–Crippen LogP) is 3.98. The van der Waals surface area contributed by atoms with E-state index in [1.54, 1.807) is 26.0 Å². The number of hydrogen-bond acceptors (Lipinski definition) is 6. The van der Waals surface area contributed by atoms with Gasteiger partial charge in [0.25, 0.3) is 0 Å². The fourth-order valence-electron chi connectivity index (χ4n) is 4.22. The number of carboxylic acid groups (broad SMARTS) is 1. The zero-order valence-corrected chi connectivity index (χ0v) is 16.0. The van der Waals surface area contributed by atoms with Gasteiger partial charge < -0.3 is 24.8 Å². The SMILES string of the molecule is Cc1c(O)ccc2c1Oc1c(ccc(O)c1C)C21OC(=O)c2ccc(C(=O)O)cc21. The lowest BCUT2D eigenvalue weighted by atomic mass is 9.76. The lowest BCUT2D eigenvalue weighted by Gasteiger charge is -2.38. The van der Waals surface area contributed by atoms with Crippen molar-refractivity contribution in [1.29, 1.82) is 0 Å². The monoisotopic (exact) mass is 404 g/mol. The number of phenolic OH excluding ortho intramolecular Hbond substituents is 2. The van der Waals surface area contributed by atoms with Crippen LogP contribution < -0.4 is 4.74 Å². The summed E-state index contributed by atoms with van der Waals surface area (Å²) in [6.45, 7) is 3.33. The molecule has 0 radical (unpaired) electrons. The molecule has 0 fully saturated rings. The van der Waals surface area contributed by atoms with Crippen molar-refractivity contribution < 1.29 is 34.4 Å². The molecule has 2 aliphatic rings. The molecular weight excluding hydrogens is 388 g/mol. The number of esters is 1. The predicted molar refractivity (Wildman–Crippen MR) is 104 cm³/mol. The molecule has 3 aromatic rings. The summed E-state index contributed by atoms with van der Waals surface area (Å²) in [6, 6.07) is 10.4. The molecule has 3 aromatic carbocycles. The highest BCUT2D eigenvalue weighted by Gasteiger charge is 2.54. The molecule has 2 aliphatic heterocycles. The molecule has 150 valence electrons. The molecule has 0 atom stereocenters. The van der Waals surface area contributed by atoms with Gasteiger partial charge in [0, 0.05) is 27.8 Å². The highest BCUT2D eigenvalue weighted by molar-refractivity contribution is 5.99. The summed E-state index contributed by atoms with van der Waals surface area (Å²) < 4.78 is 12.1. The number of rotatable bonds is 1. The third-order valence-corrected chi connectivity index (χ3v) is 5.83.